The summed E-state index contributed by atoms with van der Waals surface area (Å²) in [6, 6.07) is 8.45. The molecule has 19 heavy (non-hydrogen) atoms. The molecule has 1 rings (SSSR count). The molecule has 0 saturated heterocycles. The van der Waals surface area contributed by atoms with Gasteiger partial charge in [-0.2, -0.15) is 0 Å². The first-order valence-corrected chi connectivity index (χ1v) is 6.99. The van der Waals surface area contributed by atoms with E-state index in [0.717, 1.165) is 13.0 Å². The molecule has 0 unspecified atom stereocenters. The number of benzene rings is 1. The molecule has 0 aliphatic carbocycles. The smallest absolute Gasteiger partial charge is 0.214 e. The summed E-state index contributed by atoms with van der Waals surface area (Å²) in [5.41, 5.74) is 12.5. The maximum absolute atomic E-state index is 9.22. The van der Waals surface area contributed by atoms with E-state index in [1.54, 1.807) is 0 Å². The van der Waals surface area contributed by atoms with Crippen LogP contribution in [0.25, 0.3) is 0 Å². The van der Waals surface area contributed by atoms with Gasteiger partial charge in [0.25, 0.3) is 0 Å². The van der Waals surface area contributed by atoms with Crippen molar-refractivity contribution in [3.63, 3.8) is 0 Å². The minimum Gasteiger partial charge on any atom is -0.370 e. The van der Waals surface area contributed by atoms with E-state index in [0.29, 0.717) is 0 Å². The van der Waals surface area contributed by atoms with Gasteiger partial charge in [-0.05, 0) is 25.5 Å². The molecule has 0 aliphatic heterocycles. The Morgan fingerprint density at radius 2 is 1.74 bits per heavy atom. The number of primary amides is 1. The molecule has 0 aliphatic rings. The third kappa shape index (κ3) is 19.2. The highest BCUT2D eigenvalue weighted by Gasteiger charge is 1.89. The lowest BCUT2D eigenvalue weighted by Gasteiger charge is -1.98. The minimum atomic E-state index is -0.333. The van der Waals surface area contributed by atoms with E-state index in [4.69, 9.17) is 5.73 Å². The zero-order valence-electron chi connectivity index (χ0n) is 12.9. The molecule has 0 fully saturated rings. The molecular weight excluding hydrogens is 236 g/mol. The Balaban J connectivity index is 0. The predicted octanol–water partition coefficient (Wildman–Crippen LogP) is 3.18. The van der Waals surface area contributed by atoms with Crippen molar-refractivity contribution in [1.82, 2.24) is 0 Å². The SMILES string of the molecule is CC(N)=O.CCCCC.Cc1cccc(CCN)c1. The molecule has 0 heterocycles. The van der Waals surface area contributed by atoms with Crippen molar-refractivity contribution in [2.24, 2.45) is 11.5 Å². The average Bonchev–Trinajstić information content (AvgIpc) is 2.30. The molecule has 0 bridgehead atoms. The molecular formula is C16H30N2O. The van der Waals surface area contributed by atoms with E-state index in [9.17, 15) is 4.79 Å². The van der Waals surface area contributed by atoms with Crippen LogP contribution in [0.5, 0.6) is 0 Å². The summed E-state index contributed by atoms with van der Waals surface area (Å²) in [5, 5.41) is 0. The first kappa shape index (κ1) is 20.0. The Morgan fingerprint density at radius 1 is 1.21 bits per heavy atom. The van der Waals surface area contributed by atoms with E-state index < -0.39 is 0 Å². The van der Waals surface area contributed by atoms with E-state index in [2.05, 4.69) is 50.8 Å². The van der Waals surface area contributed by atoms with E-state index in [-0.39, 0.29) is 5.91 Å². The molecule has 0 spiro atoms. The normalized spacial score (nSPS) is 8.68. The number of hydrogen-bond donors (Lipinski definition) is 2. The van der Waals surface area contributed by atoms with Crippen LogP contribution in [0, 0.1) is 6.92 Å². The van der Waals surface area contributed by atoms with Crippen molar-refractivity contribution in [1.29, 1.82) is 0 Å². The fourth-order valence-electron chi connectivity index (χ4n) is 1.39. The summed E-state index contributed by atoms with van der Waals surface area (Å²) < 4.78 is 0. The molecule has 0 saturated carbocycles. The second-order valence-corrected chi connectivity index (χ2v) is 4.49. The largest absolute Gasteiger partial charge is 0.370 e. The highest BCUT2D eigenvalue weighted by molar-refractivity contribution is 5.70. The standard InChI is InChI=1S/C9H13N.C5H12.C2H5NO/c1-8-3-2-4-9(7-8)5-6-10;1-3-5-4-2;1-2(3)4/h2-4,7H,5-6,10H2,1H3;3-5H2,1-2H3;1H3,(H2,3,4). The third-order valence-electron chi connectivity index (χ3n) is 2.22. The minimum absolute atomic E-state index is 0.333. The van der Waals surface area contributed by atoms with Crippen LogP contribution in [0.15, 0.2) is 24.3 Å². The lowest BCUT2D eigenvalue weighted by Crippen LogP contribution is -2.02. The predicted molar refractivity (Wildman–Crippen MR) is 84.0 cm³/mol. The quantitative estimate of drug-likeness (QED) is 0.878. The van der Waals surface area contributed by atoms with Crippen LogP contribution in [-0.2, 0) is 11.2 Å². The topological polar surface area (TPSA) is 69.1 Å². The molecule has 0 atom stereocenters. The van der Waals surface area contributed by atoms with Gasteiger partial charge in [-0.3, -0.25) is 4.79 Å². The number of rotatable bonds is 4. The van der Waals surface area contributed by atoms with Crippen LogP contribution < -0.4 is 11.5 Å². The number of carbonyl (C=O) groups excluding carboxylic acids is 1. The second kappa shape index (κ2) is 14.7. The maximum Gasteiger partial charge on any atom is 0.214 e. The third-order valence-corrected chi connectivity index (χ3v) is 2.22. The molecule has 1 aromatic rings. The van der Waals surface area contributed by atoms with Crippen molar-refractivity contribution in [2.75, 3.05) is 6.54 Å². The zero-order valence-corrected chi connectivity index (χ0v) is 12.9. The summed E-state index contributed by atoms with van der Waals surface area (Å²) in [4.78, 5) is 9.22. The maximum atomic E-state index is 9.22. The summed E-state index contributed by atoms with van der Waals surface area (Å²) in [6.45, 7) is 8.57. The monoisotopic (exact) mass is 266 g/mol. The van der Waals surface area contributed by atoms with Crippen molar-refractivity contribution in [3.05, 3.63) is 35.4 Å². The van der Waals surface area contributed by atoms with Gasteiger partial charge in [0.1, 0.15) is 0 Å². The number of amides is 1. The Morgan fingerprint density at radius 3 is 2.05 bits per heavy atom. The Labute approximate surface area is 118 Å². The molecule has 4 N–H and O–H groups in total. The summed E-state index contributed by atoms with van der Waals surface area (Å²) in [6.07, 6.45) is 5.06. The number of aryl methyl sites for hydroxylation is 1. The fourth-order valence-corrected chi connectivity index (χ4v) is 1.39. The zero-order chi connectivity index (χ0) is 15.1. The first-order chi connectivity index (χ1) is 8.97. The number of nitrogens with two attached hydrogens (primary N) is 2. The molecule has 0 aromatic heterocycles. The first-order valence-electron chi connectivity index (χ1n) is 6.99. The Hall–Kier alpha value is -1.35. The van der Waals surface area contributed by atoms with Crippen molar-refractivity contribution in [2.45, 2.75) is 53.4 Å². The van der Waals surface area contributed by atoms with Crippen molar-refractivity contribution >= 4 is 5.91 Å². The van der Waals surface area contributed by atoms with Gasteiger partial charge in [0, 0.05) is 6.92 Å². The number of carbonyl (C=O) groups is 1. The van der Waals surface area contributed by atoms with Gasteiger partial charge >= 0.3 is 0 Å². The van der Waals surface area contributed by atoms with Gasteiger partial charge in [0.2, 0.25) is 5.91 Å². The highest BCUT2D eigenvalue weighted by Crippen LogP contribution is 2.03. The second-order valence-electron chi connectivity index (χ2n) is 4.49. The molecule has 3 nitrogen and oxygen atoms in total. The lowest BCUT2D eigenvalue weighted by atomic mass is 10.1. The van der Waals surface area contributed by atoms with Gasteiger partial charge in [-0.1, -0.05) is 62.9 Å². The van der Waals surface area contributed by atoms with Crippen LogP contribution in [-0.4, -0.2) is 12.5 Å². The van der Waals surface area contributed by atoms with E-state index in [1.807, 2.05) is 0 Å². The van der Waals surface area contributed by atoms with Gasteiger partial charge < -0.3 is 11.5 Å². The van der Waals surface area contributed by atoms with Gasteiger partial charge in [-0.15, -0.1) is 0 Å². The number of unbranched alkanes of at least 4 members (excludes halogenated alkanes) is 2. The van der Waals surface area contributed by atoms with Crippen LogP contribution in [0.3, 0.4) is 0 Å². The summed E-state index contributed by atoms with van der Waals surface area (Å²) in [5.74, 6) is -0.333. The average molecular weight is 266 g/mol. The van der Waals surface area contributed by atoms with Crippen LogP contribution in [0.2, 0.25) is 0 Å². The summed E-state index contributed by atoms with van der Waals surface area (Å²) in [7, 11) is 0. The molecule has 110 valence electrons. The van der Waals surface area contributed by atoms with Crippen molar-refractivity contribution in [3.8, 4) is 0 Å². The molecule has 3 heteroatoms. The fraction of sp³-hybridized carbons (Fsp3) is 0.562. The van der Waals surface area contributed by atoms with Crippen LogP contribution in [0.4, 0.5) is 0 Å². The molecule has 0 radical (unpaired) electrons. The summed E-state index contributed by atoms with van der Waals surface area (Å²) >= 11 is 0. The number of hydrogen-bond acceptors (Lipinski definition) is 2. The van der Waals surface area contributed by atoms with E-state index >= 15 is 0 Å². The van der Waals surface area contributed by atoms with Crippen LogP contribution in [0.1, 0.15) is 51.2 Å². The lowest BCUT2D eigenvalue weighted by molar-refractivity contribution is -0.115. The highest BCUT2D eigenvalue weighted by atomic mass is 16.1. The van der Waals surface area contributed by atoms with Gasteiger partial charge in [-0.25, -0.2) is 0 Å². The molecule has 1 amide bonds. The Kier molecular flexibility index (Phi) is 15.5. The van der Waals surface area contributed by atoms with Gasteiger partial charge in [0.05, 0.1) is 0 Å². The molecule has 1 aromatic carbocycles. The van der Waals surface area contributed by atoms with E-state index in [1.165, 1.54) is 37.3 Å². The Bertz CT molecular complexity index is 318. The van der Waals surface area contributed by atoms with Crippen LogP contribution >= 0.6 is 0 Å². The van der Waals surface area contributed by atoms with Gasteiger partial charge in [0.15, 0.2) is 0 Å². The van der Waals surface area contributed by atoms with Crippen molar-refractivity contribution < 1.29 is 4.79 Å².